The van der Waals surface area contributed by atoms with Crippen molar-refractivity contribution in [2.24, 2.45) is 28.6 Å². The Balaban J connectivity index is 1.73. The second-order valence-electron chi connectivity index (χ2n) is 11.2. The van der Waals surface area contributed by atoms with Gasteiger partial charge in [-0.05, 0) is 59.0 Å². The molecule has 7 nitrogen and oxygen atoms in total. The molecule has 35 heavy (non-hydrogen) atoms. The van der Waals surface area contributed by atoms with Crippen molar-refractivity contribution in [1.82, 2.24) is 5.16 Å². The van der Waals surface area contributed by atoms with E-state index in [2.05, 4.69) is 12.1 Å². The van der Waals surface area contributed by atoms with Gasteiger partial charge in [0.15, 0.2) is 23.1 Å². The van der Waals surface area contributed by atoms with Crippen molar-refractivity contribution in [1.29, 1.82) is 0 Å². The summed E-state index contributed by atoms with van der Waals surface area (Å²) in [6, 6.07) is 4.28. The van der Waals surface area contributed by atoms with Gasteiger partial charge < -0.3 is 24.6 Å². The number of aliphatic hydroxyl groups excluding tert-OH is 2. The average Bonchev–Trinajstić information content (AvgIpc) is 3.29. The van der Waals surface area contributed by atoms with Gasteiger partial charge in [0, 0.05) is 5.92 Å². The monoisotopic (exact) mass is 485 g/mol. The number of benzene rings is 1. The lowest BCUT2D eigenvalue weighted by atomic mass is 9.59. The molecule has 7 atom stereocenters. The number of aliphatic hydroxyl groups is 3. The van der Waals surface area contributed by atoms with Crippen LogP contribution in [-0.2, 0) is 4.79 Å². The summed E-state index contributed by atoms with van der Waals surface area (Å²) in [7, 11) is 0. The first-order chi connectivity index (χ1) is 16.4. The summed E-state index contributed by atoms with van der Waals surface area (Å²) in [5.41, 5.74) is -3.27. The summed E-state index contributed by atoms with van der Waals surface area (Å²) in [6.45, 7) is 9.20. The molecule has 1 heterocycles. The smallest absolute Gasteiger partial charge is 0.265 e. The quantitative estimate of drug-likeness (QED) is 0.570. The molecule has 1 aromatic carbocycles. The van der Waals surface area contributed by atoms with E-state index in [9.17, 15) is 24.5 Å². The number of ketones is 1. The lowest BCUT2D eigenvalue weighted by molar-refractivity contribution is -0.185. The summed E-state index contributed by atoms with van der Waals surface area (Å²) in [6.07, 6.45) is 1.15. The largest absolute Gasteiger partial charge is 0.464 e. The average molecular weight is 486 g/mol. The number of carbonyl (C=O) groups is 1. The van der Waals surface area contributed by atoms with E-state index in [1.54, 1.807) is 25.1 Å². The zero-order valence-corrected chi connectivity index (χ0v) is 20.6. The molecule has 0 aliphatic heterocycles. The highest BCUT2D eigenvalue weighted by Crippen LogP contribution is 2.62. The van der Waals surface area contributed by atoms with E-state index in [1.807, 2.05) is 20.8 Å². The molecule has 1 spiro atoms. The Labute approximate surface area is 203 Å². The standard InChI is InChI=1S/C27H32FNO6/c1-13-11-26-15(3)9-14(2)25(4,5)17(22(26)32)10-16(12-30)21(31)27(26,33)23(13)34-24-20-18(28)7-6-8-19(20)35-29-24/h6-8,10-11,14-15,17,21,23,30-31,33H,9,12H2,1-5H3/t14?,15-,17?,21?,23?,26?,27?/m1/s1. The first-order valence-corrected chi connectivity index (χ1v) is 12.1. The van der Waals surface area contributed by atoms with Gasteiger partial charge in [-0.3, -0.25) is 4.79 Å². The van der Waals surface area contributed by atoms with Crippen molar-refractivity contribution in [3.05, 3.63) is 47.3 Å². The molecular weight excluding hydrogens is 453 g/mol. The maximum absolute atomic E-state index is 14.6. The molecule has 1 aromatic heterocycles. The van der Waals surface area contributed by atoms with Gasteiger partial charge in [0.1, 0.15) is 17.3 Å². The maximum Gasteiger partial charge on any atom is 0.265 e. The number of aromatic nitrogens is 1. The second kappa shape index (κ2) is 7.72. The Bertz CT molecular complexity index is 1260. The zero-order valence-electron chi connectivity index (χ0n) is 20.6. The molecule has 0 saturated heterocycles. The van der Waals surface area contributed by atoms with Gasteiger partial charge >= 0.3 is 0 Å². The van der Waals surface area contributed by atoms with Crippen LogP contribution < -0.4 is 4.74 Å². The molecule has 3 aliphatic carbocycles. The summed E-state index contributed by atoms with van der Waals surface area (Å²) < 4.78 is 26.0. The van der Waals surface area contributed by atoms with Crippen molar-refractivity contribution >= 4 is 16.8 Å². The van der Waals surface area contributed by atoms with Crippen LogP contribution in [0.2, 0.25) is 0 Å². The Kier molecular flexibility index (Phi) is 5.33. The molecule has 1 fully saturated rings. The number of nitrogens with zero attached hydrogens (tertiary/aromatic N) is 1. The molecule has 2 aromatic rings. The molecule has 8 heteroatoms. The Morgan fingerprint density at radius 1 is 1.26 bits per heavy atom. The van der Waals surface area contributed by atoms with E-state index in [1.165, 1.54) is 12.1 Å². The van der Waals surface area contributed by atoms with Crippen LogP contribution in [0.1, 0.15) is 41.0 Å². The van der Waals surface area contributed by atoms with E-state index < -0.39 is 47.0 Å². The number of hydrogen-bond donors (Lipinski definition) is 3. The van der Waals surface area contributed by atoms with E-state index in [0.29, 0.717) is 12.0 Å². The SMILES string of the molecule is CC1=CC23C(=O)C(C=C(CO)C(O)C2(O)C1Oc1noc2cccc(F)c12)C(C)(C)C(C)C[C@H]3C. The normalized spacial score (nSPS) is 38.4. The van der Waals surface area contributed by atoms with Crippen molar-refractivity contribution in [3.8, 4) is 5.88 Å². The number of hydrogen-bond acceptors (Lipinski definition) is 7. The minimum absolute atomic E-state index is 0.0127. The van der Waals surface area contributed by atoms with Crippen LogP contribution in [0.5, 0.6) is 5.88 Å². The molecule has 1 saturated carbocycles. The van der Waals surface area contributed by atoms with Gasteiger partial charge in [-0.25, -0.2) is 4.39 Å². The molecule has 3 aliphatic rings. The van der Waals surface area contributed by atoms with E-state index in [0.717, 1.165) is 0 Å². The number of halogens is 1. The van der Waals surface area contributed by atoms with Crippen molar-refractivity contribution in [3.63, 3.8) is 0 Å². The van der Waals surface area contributed by atoms with Crippen molar-refractivity contribution in [2.45, 2.75) is 58.8 Å². The summed E-state index contributed by atoms with van der Waals surface area (Å²) in [4.78, 5) is 14.4. The third-order valence-corrected chi connectivity index (χ3v) is 9.15. The predicted molar refractivity (Wildman–Crippen MR) is 126 cm³/mol. The highest BCUT2D eigenvalue weighted by molar-refractivity contribution is 5.95. The van der Waals surface area contributed by atoms with Crippen LogP contribution in [0, 0.1) is 34.4 Å². The Hall–Kier alpha value is -2.55. The van der Waals surface area contributed by atoms with Gasteiger partial charge in [-0.2, -0.15) is 0 Å². The van der Waals surface area contributed by atoms with Gasteiger partial charge in [0.05, 0.1) is 12.0 Å². The van der Waals surface area contributed by atoms with Crippen LogP contribution in [-0.4, -0.2) is 50.7 Å². The zero-order chi connectivity index (χ0) is 25.5. The van der Waals surface area contributed by atoms with Crippen LogP contribution in [0.3, 0.4) is 0 Å². The summed E-state index contributed by atoms with van der Waals surface area (Å²) in [5, 5.41) is 38.2. The van der Waals surface area contributed by atoms with Crippen molar-refractivity contribution in [2.75, 3.05) is 6.61 Å². The molecule has 0 radical (unpaired) electrons. The molecule has 6 unspecified atom stereocenters. The molecule has 3 N–H and O–H groups in total. The first-order valence-electron chi connectivity index (χ1n) is 12.1. The van der Waals surface area contributed by atoms with Crippen molar-refractivity contribution < 1.29 is 33.8 Å². The van der Waals surface area contributed by atoms with Crippen LogP contribution in [0.15, 0.2) is 46.0 Å². The minimum Gasteiger partial charge on any atom is -0.464 e. The molecule has 2 bridgehead atoms. The second-order valence-corrected chi connectivity index (χ2v) is 11.2. The first kappa shape index (κ1) is 24.2. The number of allylic oxidation sites excluding steroid dienone is 1. The van der Waals surface area contributed by atoms with E-state index in [4.69, 9.17) is 9.26 Å². The lowest BCUT2D eigenvalue weighted by Crippen LogP contribution is -2.66. The topological polar surface area (TPSA) is 113 Å². The fourth-order valence-corrected chi connectivity index (χ4v) is 6.77. The third kappa shape index (κ3) is 2.93. The highest BCUT2D eigenvalue weighted by atomic mass is 19.1. The van der Waals surface area contributed by atoms with Crippen LogP contribution in [0.4, 0.5) is 4.39 Å². The number of rotatable bonds is 3. The molecule has 0 amide bonds. The molecule has 188 valence electrons. The predicted octanol–water partition coefficient (Wildman–Crippen LogP) is 3.57. The highest BCUT2D eigenvalue weighted by Gasteiger charge is 2.72. The van der Waals surface area contributed by atoms with E-state index in [-0.39, 0.29) is 40.0 Å². The van der Waals surface area contributed by atoms with Crippen LogP contribution in [0.25, 0.3) is 11.0 Å². The number of fused-ring (bicyclic) bond motifs is 2. The van der Waals surface area contributed by atoms with Gasteiger partial charge in [0.25, 0.3) is 5.88 Å². The Morgan fingerprint density at radius 2 is 1.97 bits per heavy atom. The summed E-state index contributed by atoms with van der Waals surface area (Å²) in [5.74, 6) is -1.87. The maximum atomic E-state index is 14.6. The Morgan fingerprint density at radius 3 is 2.66 bits per heavy atom. The summed E-state index contributed by atoms with van der Waals surface area (Å²) >= 11 is 0. The minimum atomic E-state index is -2.16. The van der Waals surface area contributed by atoms with Crippen LogP contribution >= 0.6 is 0 Å². The van der Waals surface area contributed by atoms with Gasteiger partial charge in [-0.1, -0.05) is 45.9 Å². The third-order valence-electron chi connectivity index (χ3n) is 9.15. The number of carbonyl (C=O) groups excluding carboxylic acids is 1. The number of Topliss-reactive ketones (excluding diaryl/α,β-unsaturated/α-hetero) is 1. The van der Waals surface area contributed by atoms with Gasteiger partial charge in [-0.15, -0.1) is 0 Å². The van der Waals surface area contributed by atoms with Gasteiger partial charge in [0.2, 0.25) is 0 Å². The van der Waals surface area contributed by atoms with E-state index >= 15 is 0 Å². The molecular formula is C27H32FNO6. The fourth-order valence-electron chi connectivity index (χ4n) is 6.77. The number of ether oxygens (including phenoxy) is 1. The molecule has 5 rings (SSSR count). The lowest BCUT2D eigenvalue weighted by Gasteiger charge is -2.48. The fraction of sp³-hybridized carbons (Fsp3) is 0.556.